The van der Waals surface area contributed by atoms with E-state index in [1.165, 1.54) is 18.2 Å². The molecule has 118 valence electrons. The minimum absolute atomic E-state index is 0.0970. The minimum atomic E-state index is -4.63. The van der Waals surface area contributed by atoms with Gasteiger partial charge in [-0.1, -0.05) is 35.8 Å². The maximum atomic E-state index is 13.3. The van der Waals surface area contributed by atoms with Crippen molar-refractivity contribution in [2.24, 2.45) is 0 Å². The van der Waals surface area contributed by atoms with Gasteiger partial charge in [0.1, 0.15) is 5.82 Å². The molecule has 0 unspecified atom stereocenters. The van der Waals surface area contributed by atoms with Crippen LogP contribution in [0.3, 0.4) is 0 Å². The summed E-state index contributed by atoms with van der Waals surface area (Å²) in [5, 5.41) is 0. The summed E-state index contributed by atoms with van der Waals surface area (Å²) >= 11 is 3.20. The lowest BCUT2D eigenvalue weighted by Gasteiger charge is -2.37. The van der Waals surface area contributed by atoms with E-state index < -0.39 is 29.6 Å². The lowest BCUT2D eigenvalue weighted by Crippen LogP contribution is -2.50. The Morgan fingerprint density at radius 3 is 2.24 bits per heavy atom. The van der Waals surface area contributed by atoms with Crippen molar-refractivity contribution < 1.29 is 27.0 Å². The number of hydrogen-bond acceptors (Lipinski definition) is 2. The van der Waals surface area contributed by atoms with Crippen LogP contribution in [0.1, 0.15) is 25.8 Å². The molecule has 0 atom stereocenters. The van der Waals surface area contributed by atoms with Gasteiger partial charge in [0.05, 0.1) is 13.2 Å². The molecule has 0 bridgehead atoms. The average Bonchev–Trinajstić information content (AvgIpc) is 2.76. The van der Waals surface area contributed by atoms with Crippen LogP contribution in [0.25, 0.3) is 0 Å². The van der Waals surface area contributed by atoms with Gasteiger partial charge in [-0.15, -0.1) is 0 Å². The van der Waals surface area contributed by atoms with Crippen LogP contribution in [0, 0.1) is 5.82 Å². The van der Waals surface area contributed by atoms with Crippen molar-refractivity contribution in [1.82, 2.24) is 0 Å². The summed E-state index contributed by atoms with van der Waals surface area (Å²) < 4.78 is 63.3. The molecule has 0 spiro atoms. The molecule has 7 heteroatoms. The molecule has 0 saturated carbocycles. The monoisotopic (exact) mass is 370 g/mol. The molecule has 1 saturated heterocycles. The number of hydrogen-bond donors (Lipinski definition) is 0. The molecule has 1 heterocycles. The lowest BCUT2D eigenvalue weighted by atomic mass is 9.78. The van der Waals surface area contributed by atoms with Crippen LogP contribution in [0.4, 0.5) is 17.6 Å². The first-order chi connectivity index (χ1) is 9.57. The van der Waals surface area contributed by atoms with Gasteiger partial charge in [-0.05, 0) is 23.1 Å². The second kappa shape index (κ2) is 5.52. The van der Waals surface area contributed by atoms with Crippen molar-refractivity contribution in [3.05, 3.63) is 34.1 Å². The van der Waals surface area contributed by atoms with Gasteiger partial charge in [0, 0.05) is 10.9 Å². The molecular formula is C14H15BrF4O2. The third-order valence-corrected chi connectivity index (χ3v) is 4.18. The van der Waals surface area contributed by atoms with Crippen LogP contribution in [-0.2, 0) is 14.9 Å². The van der Waals surface area contributed by atoms with Gasteiger partial charge in [-0.2, -0.15) is 13.2 Å². The van der Waals surface area contributed by atoms with Crippen LogP contribution < -0.4 is 0 Å². The van der Waals surface area contributed by atoms with Crippen molar-refractivity contribution in [3.63, 3.8) is 0 Å². The van der Waals surface area contributed by atoms with Gasteiger partial charge in [0.25, 0.3) is 5.79 Å². The van der Waals surface area contributed by atoms with Crippen LogP contribution in [0.5, 0.6) is 0 Å². The molecule has 1 aliphatic heterocycles. The number of alkyl halides is 3. The zero-order valence-electron chi connectivity index (χ0n) is 11.6. The van der Waals surface area contributed by atoms with Gasteiger partial charge >= 0.3 is 6.18 Å². The molecule has 0 amide bonds. The predicted octanol–water partition coefficient (Wildman–Crippen LogP) is 4.56. The predicted molar refractivity (Wildman–Crippen MR) is 72.4 cm³/mol. The molecule has 0 N–H and O–H groups in total. The molecule has 0 aliphatic carbocycles. The van der Waals surface area contributed by atoms with Gasteiger partial charge in [-0.3, -0.25) is 0 Å². The topological polar surface area (TPSA) is 18.5 Å². The molecule has 1 aromatic rings. The lowest BCUT2D eigenvalue weighted by molar-refractivity contribution is -0.349. The quantitative estimate of drug-likeness (QED) is 0.726. The second-order valence-electron chi connectivity index (χ2n) is 5.63. The average molecular weight is 371 g/mol. The van der Waals surface area contributed by atoms with Gasteiger partial charge in [0.2, 0.25) is 0 Å². The van der Waals surface area contributed by atoms with E-state index in [9.17, 15) is 17.6 Å². The number of benzene rings is 1. The Balaban J connectivity index is 2.35. The second-order valence-corrected chi connectivity index (χ2v) is 6.49. The van der Waals surface area contributed by atoms with Gasteiger partial charge < -0.3 is 9.47 Å². The third kappa shape index (κ3) is 3.24. The molecular weight excluding hydrogens is 356 g/mol. The summed E-state index contributed by atoms with van der Waals surface area (Å²) in [7, 11) is 0. The normalized spacial score (nSPS) is 19.0. The third-order valence-electron chi connectivity index (χ3n) is 3.52. The fraction of sp³-hybridized carbons (Fsp3) is 0.571. The van der Waals surface area contributed by atoms with E-state index in [4.69, 9.17) is 9.47 Å². The van der Waals surface area contributed by atoms with Gasteiger partial charge in [0.15, 0.2) is 0 Å². The highest BCUT2D eigenvalue weighted by Gasteiger charge is 2.61. The van der Waals surface area contributed by atoms with Crippen molar-refractivity contribution in [3.8, 4) is 0 Å². The summed E-state index contributed by atoms with van der Waals surface area (Å²) in [5.41, 5.74) is -0.363. The first-order valence-electron chi connectivity index (χ1n) is 6.38. The first-order valence-corrected chi connectivity index (χ1v) is 7.17. The SMILES string of the molecule is CC(C)(CC1(C(F)(F)F)OCCO1)c1ccc(F)cc1Br. The summed E-state index contributed by atoms with van der Waals surface area (Å²) in [4.78, 5) is 0. The summed E-state index contributed by atoms with van der Waals surface area (Å²) in [6.45, 7) is 3.09. The van der Waals surface area contributed by atoms with E-state index in [0.29, 0.717) is 10.0 Å². The maximum Gasteiger partial charge on any atom is 0.443 e. The Morgan fingerprint density at radius 1 is 1.19 bits per heavy atom. The van der Waals surface area contributed by atoms with Crippen LogP contribution in [-0.4, -0.2) is 25.2 Å². The Kier molecular flexibility index (Phi) is 4.39. The van der Waals surface area contributed by atoms with Crippen LogP contribution in [0.15, 0.2) is 22.7 Å². The number of ether oxygens (including phenoxy) is 2. The van der Waals surface area contributed by atoms with Gasteiger partial charge in [-0.25, -0.2) is 4.39 Å². The highest BCUT2D eigenvalue weighted by Crippen LogP contribution is 2.47. The number of rotatable bonds is 3. The van der Waals surface area contributed by atoms with Crippen molar-refractivity contribution in [1.29, 1.82) is 0 Å². The van der Waals surface area contributed by atoms with E-state index in [1.807, 2.05) is 0 Å². The summed E-state index contributed by atoms with van der Waals surface area (Å²) in [6.07, 6.45) is -5.04. The van der Waals surface area contributed by atoms with Crippen LogP contribution >= 0.6 is 15.9 Å². The summed E-state index contributed by atoms with van der Waals surface area (Å²) in [5.74, 6) is -3.06. The smallest absolute Gasteiger partial charge is 0.340 e. The molecule has 2 rings (SSSR count). The molecule has 2 nitrogen and oxygen atoms in total. The zero-order valence-corrected chi connectivity index (χ0v) is 13.1. The Morgan fingerprint density at radius 2 is 1.76 bits per heavy atom. The fourth-order valence-corrected chi connectivity index (χ4v) is 3.42. The van der Waals surface area contributed by atoms with Crippen molar-refractivity contribution in [2.75, 3.05) is 13.2 Å². The molecule has 1 fully saturated rings. The molecule has 0 aromatic heterocycles. The Labute approximate surface area is 128 Å². The summed E-state index contributed by atoms with van der Waals surface area (Å²) in [6, 6.07) is 3.92. The molecule has 21 heavy (non-hydrogen) atoms. The highest BCUT2D eigenvalue weighted by atomic mass is 79.9. The largest absolute Gasteiger partial charge is 0.443 e. The van der Waals surface area contributed by atoms with Crippen LogP contribution in [0.2, 0.25) is 0 Å². The minimum Gasteiger partial charge on any atom is -0.340 e. The fourth-order valence-electron chi connectivity index (χ4n) is 2.54. The number of halogens is 5. The van der Waals surface area contributed by atoms with E-state index >= 15 is 0 Å². The van der Waals surface area contributed by atoms with E-state index in [0.717, 1.165) is 0 Å². The van der Waals surface area contributed by atoms with E-state index in [2.05, 4.69) is 15.9 Å². The van der Waals surface area contributed by atoms with E-state index in [1.54, 1.807) is 13.8 Å². The first kappa shape index (κ1) is 16.7. The zero-order chi connectivity index (χ0) is 15.9. The van der Waals surface area contributed by atoms with E-state index in [-0.39, 0.29) is 13.2 Å². The van der Waals surface area contributed by atoms with Crippen molar-refractivity contribution >= 4 is 15.9 Å². The standard InChI is InChI=1S/C14H15BrF4O2/c1-12(2,10-4-3-9(16)7-11(10)15)8-13(14(17,18)19)20-5-6-21-13/h3-4,7H,5-6,8H2,1-2H3. The maximum absolute atomic E-state index is 13.3. The molecule has 1 aromatic carbocycles. The molecule has 1 aliphatic rings. The highest BCUT2D eigenvalue weighted by molar-refractivity contribution is 9.10. The van der Waals surface area contributed by atoms with Crippen molar-refractivity contribution in [2.45, 2.75) is 37.6 Å². The molecule has 0 radical (unpaired) electrons. The Bertz CT molecular complexity index is 522. The Hall–Kier alpha value is -0.660.